The van der Waals surface area contributed by atoms with Gasteiger partial charge >= 0.3 is 12.1 Å². The molecule has 168 valence electrons. The van der Waals surface area contributed by atoms with E-state index in [1.165, 1.54) is 22.7 Å². The molecule has 1 atom stereocenters. The molecule has 32 heavy (non-hydrogen) atoms. The van der Waals surface area contributed by atoms with Gasteiger partial charge in [0.25, 0.3) is 0 Å². The first-order chi connectivity index (χ1) is 15.4. The Labute approximate surface area is 193 Å². The fourth-order valence-corrected chi connectivity index (χ4v) is 5.05. The van der Waals surface area contributed by atoms with E-state index in [-0.39, 0.29) is 18.3 Å². The van der Waals surface area contributed by atoms with Crippen molar-refractivity contribution in [2.45, 2.75) is 39.1 Å². The van der Waals surface area contributed by atoms with Crippen LogP contribution in [0.15, 0.2) is 41.1 Å². The third-order valence-corrected chi connectivity index (χ3v) is 6.71. The molecular weight excluding hydrogens is 450 g/mol. The molecule has 3 aromatic rings. The lowest BCUT2D eigenvalue weighted by atomic mass is 10.2. The molecule has 0 radical (unpaired) electrons. The number of aromatic nitrogens is 2. The van der Waals surface area contributed by atoms with E-state index in [2.05, 4.69) is 9.97 Å². The summed E-state index contributed by atoms with van der Waals surface area (Å²) in [6, 6.07) is 9.15. The number of hydrogen-bond acceptors (Lipinski definition) is 9. The molecule has 1 aliphatic heterocycles. The molecule has 1 saturated heterocycles. The molecule has 0 bridgehead atoms. The average molecular weight is 474 g/mol. The quantitative estimate of drug-likeness (QED) is 0.471. The fraction of sp³-hybridized carbons (Fsp3) is 0.364. The molecule has 0 N–H and O–H groups in total. The molecule has 0 saturated carbocycles. The van der Waals surface area contributed by atoms with Gasteiger partial charge in [0.2, 0.25) is 0 Å². The SMILES string of the molecule is CCOC(=O)c1csc(-c2csc([C@@H]3COC(C)(C)N3C(=O)OCc3ccccc3)n2)n1. The molecule has 1 fully saturated rings. The summed E-state index contributed by atoms with van der Waals surface area (Å²) >= 11 is 2.74. The van der Waals surface area contributed by atoms with Gasteiger partial charge in [-0.25, -0.2) is 19.6 Å². The topological polar surface area (TPSA) is 90.9 Å². The van der Waals surface area contributed by atoms with Crippen molar-refractivity contribution >= 4 is 34.7 Å². The highest BCUT2D eigenvalue weighted by molar-refractivity contribution is 7.14. The average Bonchev–Trinajstić information content (AvgIpc) is 3.51. The van der Waals surface area contributed by atoms with E-state index in [1.54, 1.807) is 17.2 Å². The Hall–Kier alpha value is -2.82. The number of thiazole rings is 2. The van der Waals surface area contributed by atoms with E-state index in [4.69, 9.17) is 14.2 Å². The van der Waals surface area contributed by atoms with Crippen LogP contribution in [0.5, 0.6) is 0 Å². The van der Waals surface area contributed by atoms with Crippen LogP contribution in [0.25, 0.3) is 10.7 Å². The molecule has 1 amide bonds. The van der Waals surface area contributed by atoms with E-state index in [0.717, 1.165) is 10.6 Å². The summed E-state index contributed by atoms with van der Waals surface area (Å²) in [7, 11) is 0. The van der Waals surface area contributed by atoms with Gasteiger partial charge in [0, 0.05) is 10.8 Å². The fourth-order valence-electron chi connectivity index (χ4n) is 3.35. The number of esters is 1. The van der Waals surface area contributed by atoms with Crippen molar-refractivity contribution in [3.8, 4) is 10.7 Å². The van der Waals surface area contributed by atoms with Crippen molar-refractivity contribution in [2.24, 2.45) is 0 Å². The van der Waals surface area contributed by atoms with Gasteiger partial charge in [0.15, 0.2) is 5.69 Å². The predicted molar refractivity (Wildman–Crippen MR) is 120 cm³/mol. The van der Waals surface area contributed by atoms with Gasteiger partial charge in [-0.05, 0) is 26.3 Å². The van der Waals surface area contributed by atoms with Crippen LogP contribution < -0.4 is 0 Å². The summed E-state index contributed by atoms with van der Waals surface area (Å²) in [5, 5.41) is 4.85. The van der Waals surface area contributed by atoms with Crippen LogP contribution in [-0.4, -0.2) is 45.9 Å². The minimum Gasteiger partial charge on any atom is -0.461 e. The Balaban J connectivity index is 1.50. The highest BCUT2D eigenvalue weighted by Gasteiger charge is 2.46. The molecule has 4 rings (SSSR count). The van der Waals surface area contributed by atoms with Crippen LogP contribution in [-0.2, 0) is 20.8 Å². The number of carbonyl (C=O) groups excluding carboxylic acids is 2. The van der Waals surface area contributed by atoms with Crippen LogP contribution in [0.2, 0.25) is 0 Å². The van der Waals surface area contributed by atoms with Crippen molar-refractivity contribution in [3.63, 3.8) is 0 Å². The summed E-state index contributed by atoms with van der Waals surface area (Å²) in [6.07, 6.45) is -0.461. The highest BCUT2D eigenvalue weighted by Crippen LogP contribution is 2.39. The summed E-state index contributed by atoms with van der Waals surface area (Å²) < 4.78 is 16.4. The standard InChI is InChI=1S/C22H23N3O5S2/c1-4-28-20(26)16-13-31-18(24-16)15-12-32-19(23-15)17-11-30-22(2,3)25(17)21(27)29-10-14-8-6-5-7-9-14/h5-9,12-13,17H,4,10-11H2,1-3H3/t17-/m0/s1. The summed E-state index contributed by atoms with van der Waals surface area (Å²) in [5.41, 5.74) is 0.987. The van der Waals surface area contributed by atoms with Gasteiger partial charge in [-0.3, -0.25) is 4.90 Å². The number of benzene rings is 1. The van der Waals surface area contributed by atoms with Crippen molar-refractivity contribution in [3.05, 3.63) is 57.4 Å². The summed E-state index contributed by atoms with van der Waals surface area (Å²) in [6.45, 7) is 6.19. The second-order valence-corrected chi connectivity index (χ2v) is 9.26. The normalized spacial score (nSPS) is 17.3. The number of nitrogens with zero attached hydrogens (tertiary/aromatic N) is 3. The first-order valence-corrected chi connectivity index (χ1v) is 11.9. The number of amides is 1. The Bertz CT molecular complexity index is 1100. The maximum Gasteiger partial charge on any atom is 0.413 e. The van der Waals surface area contributed by atoms with Gasteiger partial charge in [0.1, 0.15) is 34.1 Å². The van der Waals surface area contributed by atoms with Gasteiger partial charge in [-0.2, -0.15) is 0 Å². The van der Waals surface area contributed by atoms with E-state index in [0.29, 0.717) is 23.9 Å². The van der Waals surface area contributed by atoms with Gasteiger partial charge in [0.05, 0.1) is 13.2 Å². The largest absolute Gasteiger partial charge is 0.461 e. The molecule has 2 aromatic heterocycles. The third kappa shape index (κ3) is 4.67. The zero-order valence-corrected chi connectivity index (χ0v) is 19.6. The lowest BCUT2D eigenvalue weighted by Crippen LogP contribution is -2.45. The Morgan fingerprint density at radius 2 is 1.94 bits per heavy atom. The monoisotopic (exact) mass is 473 g/mol. The van der Waals surface area contributed by atoms with Crippen LogP contribution in [0.4, 0.5) is 4.79 Å². The molecular formula is C22H23N3O5S2. The van der Waals surface area contributed by atoms with Crippen LogP contribution >= 0.6 is 22.7 Å². The Morgan fingerprint density at radius 1 is 1.16 bits per heavy atom. The van der Waals surface area contributed by atoms with E-state index in [1.807, 2.05) is 49.6 Å². The molecule has 3 heterocycles. The Kier molecular flexibility index (Phi) is 6.54. The molecule has 0 spiro atoms. The zero-order chi connectivity index (χ0) is 22.7. The smallest absolute Gasteiger partial charge is 0.413 e. The molecule has 0 unspecified atom stereocenters. The second kappa shape index (κ2) is 9.35. The highest BCUT2D eigenvalue weighted by atomic mass is 32.1. The summed E-state index contributed by atoms with van der Waals surface area (Å²) in [4.78, 5) is 35.5. The van der Waals surface area contributed by atoms with Crippen LogP contribution in [0.3, 0.4) is 0 Å². The van der Waals surface area contributed by atoms with Gasteiger partial charge in [-0.1, -0.05) is 30.3 Å². The van der Waals surface area contributed by atoms with E-state index >= 15 is 0 Å². The first kappa shape index (κ1) is 22.4. The number of hydrogen-bond donors (Lipinski definition) is 0. The van der Waals surface area contributed by atoms with Crippen molar-refractivity contribution in [1.82, 2.24) is 14.9 Å². The van der Waals surface area contributed by atoms with Crippen molar-refractivity contribution < 1.29 is 23.8 Å². The van der Waals surface area contributed by atoms with Gasteiger partial charge in [-0.15, -0.1) is 22.7 Å². The predicted octanol–water partition coefficient (Wildman–Crippen LogP) is 4.89. The molecule has 0 aliphatic carbocycles. The maximum atomic E-state index is 13.0. The van der Waals surface area contributed by atoms with Crippen LogP contribution in [0.1, 0.15) is 47.9 Å². The van der Waals surface area contributed by atoms with E-state index in [9.17, 15) is 9.59 Å². The minimum absolute atomic E-state index is 0.178. The number of carbonyl (C=O) groups is 2. The Morgan fingerprint density at radius 3 is 2.69 bits per heavy atom. The second-order valence-electron chi connectivity index (χ2n) is 7.51. The van der Waals surface area contributed by atoms with Crippen molar-refractivity contribution in [2.75, 3.05) is 13.2 Å². The van der Waals surface area contributed by atoms with Gasteiger partial charge < -0.3 is 14.2 Å². The molecule has 10 heteroatoms. The van der Waals surface area contributed by atoms with Crippen LogP contribution in [0, 0.1) is 0 Å². The van der Waals surface area contributed by atoms with Crippen molar-refractivity contribution in [1.29, 1.82) is 0 Å². The maximum absolute atomic E-state index is 13.0. The van der Waals surface area contributed by atoms with E-state index < -0.39 is 17.8 Å². The lowest BCUT2D eigenvalue weighted by Gasteiger charge is -2.32. The zero-order valence-electron chi connectivity index (χ0n) is 17.9. The third-order valence-electron chi connectivity index (χ3n) is 4.90. The first-order valence-electron chi connectivity index (χ1n) is 10.1. The molecule has 8 nitrogen and oxygen atoms in total. The summed E-state index contributed by atoms with van der Waals surface area (Å²) in [5.74, 6) is -0.455. The number of ether oxygens (including phenoxy) is 3. The lowest BCUT2D eigenvalue weighted by molar-refractivity contribution is -0.0493. The molecule has 1 aromatic carbocycles. The minimum atomic E-state index is -0.831. The number of rotatable bonds is 6. The molecule has 1 aliphatic rings.